The number of halogens is 1. The van der Waals surface area contributed by atoms with Gasteiger partial charge >= 0.3 is 0 Å². The maximum Gasteiger partial charge on any atom is 0.244 e. The zero-order valence-corrected chi connectivity index (χ0v) is 11.4. The lowest BCUT2D eigenvalue weighted by Crippen LogP contribution is -2.41. The minimum atomic E-state index is -0.559. The smallest absolute Gasteiger partial charge is 0.244 e. The molecule has 0 aliphatic carbocycles. The average Bonchev–Trinajstić information content (AvgIpc) is 2.42. The first-order valence-corrected chi connectivity index (χ1v) is 6.28. The van der Waals surface area contributed by atoms with Gasteiger partial charge in [-0.2, -0.15) is 5.26 Å². The summed E-state index contributed by atoms with van der Waals surface area (Å²) in [4.78, 5) is 13.8. The summed E-state index contributed by atoms with van der Waals surface area (Å²) in [6.07, 6.45) is 0. The van der Waals surface area contributed by atoms with E-state index in [9.17, 15) is 9.18 Å². The topological polar surface area (TPSA) is 56.1 Å². The number of rotatable bonds is 5. The second-order valence-corrected chi connectivity index (χ2v) is 4.18. The third-order valence-electron chi connectivity index (χ3n) is 2.92. The van der Waals surface area contributed by atoms with E-state index >= 15 is 0 Å². The van der Waals surface area contributed by atoms with E-state index < -0.39 is 11.9 Å². The molecule has 102 valence electrons. The summed E-state index contributed by atoms with van der Waals surface area (Å²) in [5.41, 5.74) is 0.526. The molecule has 0 radical (unpaired) electrons. The van der Waals surface area contributed by atoms with Crippen LogP contribution in [0.2, 0.25) is 0 Å². The van der Waals surface area contributed by atoms with Crippen LogP contribution >= 0.6 is 0 Å². The fourth-order valence-electron chi connectivity index (χ4n) is 1.82. The Morgan fingerprint density at radius 1 is 1.47 bits per heavy atom. The third-order valence-corrected chi connectivity index (χ3v) is 2.92. The number of nitrogens with zero attached hydrogens (tertiary/aromatic N) is 2. The molecule has 1 N–H and O–H groups in total. The van der Waals surface area contributed by atoms with Gasteiger partial charge in [-0.15, -0.1) is 0 Å². The zero-order valence-electron chi connectivity index (χ0n) is 11.4. The summed E-state index contributed by atoms with van der Waals surface area (Å²) in [5, 5.41) is 11.7. The van der Waals surface area contributed by atoms with Crippen molar-refractivity contribution in [3.63, 3.8) is 0 Å². The predicted octanol–water partition coefficient (Wildman–Crippen LogP) is 2.37. The molecule has 0 spiro atoms. The highest BCUT2D eigenvalue weighted by Crippen LogP contribution is 2.15. The Bertz CT molecular complexity index is 492. The summed E-state index contributed by atoms with van der Waals surface area (Å²) in [5.74, 6) is -0.580. The summed E-state index contributed by atoms with van der Waals surface area (Å²) in [6, 6.07) is 5.49. The maximum atomic E-state index is 13.2. The normalized spacial score (nSPS) is 11.5. The van der Waals surface area contributed by atoms with Gasteiger partial charge in [0.15, 0.2) is 0 Å². The van der Waals surface area contributed by atoms with Crippen LogP contribution in [0.3, 0.4) is 0 Å². The first kappa shape index (κ1) is 15.0. The molecule has 0 heterocycles. The highest BCUT2D eigenvalue weighted by Gasteiger charge is 2.18. The van der Waals surface area contributed by atoms with Crippen LogP contribution in [0.1, 0.15) is 26.3 Å². The SMILES string of the molecule is CCN(CC)C(=O)C(C)Nc1ccc(F)c(C#N)c1. The van der Waals surface area contributed by atoms with Crippen LogP contribution < -0.4 is 5.32 Å². The van der Waals surface area contributed by atoms with E-state index in [1.54, 1.807) is 17.9 Å². The molecule has 19 heavy (non-hydrogen) atoms. The first-order chi connectivity index (χ1) is 9.03. The van der Waals surface area contributed by atoms with Crippen LogP contribution in [0.25, 0.3) is 0 Å². The van der Waals surface area contributed by atoms with Crippen molar-refractivity contribution in [1.82, 2.24) is 4.90 Å². The van der Waals surface area contributed by atoms with Gasteiger partial charge in [-0.05, 0) is 39.0 Å². The molecule has 1 amide bonds. The Kier molecular flexibility index (Phi) is 5.31. The number of nitriles is 1. The van der Waals surface area contributed by atoms with Crippen molar-refractivity contribution >= 4 is 11.6 Å². The summed E-state index contributed by atoms with van der Waals surface area (Å²) >= 11 is 0. The molecule has 5 heteroatoms. The number of nitrogens with one attached hydrogen (secondary N) is 1. The number of benzene rings is 1. The largest absolute Gasteiger partial charge is 0.374 e. The molecule has 0 saturated carbocycles. The Hall–Kier alpha value is -2.09. The van der Waals surface area contributed by atoms with Crippen molar-refractivity contribution in [2.45, 2.75) is 26.8 Å². The van der Waals surface area contributed by atoms with E-state index in [-0.39, 0.29) is 11.5 Å². The third kappa shape index (κ3) is 3.68. The van der Waals surface area contributed by atoms with E-state index in [4.69, 9.17) is 5.26 Å². The van der Waals surface area contributed by atoms with E-state index in [2.05, 4.69) is 5.32 Å². The molecular weight excluding hydrogens is 245 g/mol. The lowest BCUT2D eigenvalue weighted by Gasteiger charge is -2.24. The number of hydrogen-bond acceptors (Lipinski definition) is 3. The highest BCUT2D eigenvalue weighted by atomic mass is 19.1. The molecule has 4 nitrogen and oxygen atoms in total. The van der Waals surface area contributed by atoms with Crippen LogP contribution in [0.5, 0.6) is 0 Å². The van der Waals surface area contributed by atoms with Crippen molar-refractivity contribution in [2.24, 2.45) is 0 Å². The van der Waals surface area contributed by atoms with Gasteiger partial charge in [0.05, 0.1) is 5.56 Å². The van der Waals surface area contributed by atoms with Crippen LogP contribution in [0.4, 0.5) is 10.1 Å². The van der Waals surface area contributed by atoms with E-state index in [0.29, 0.717) is 18.8 Å². The lowest BCUT2D eigenvalue weighted by atomic mass is 10.2. The molecule has 1 atom stereocenters. The van der Waals surface area contributed by atoms with Gasteiger partial charge in [0.2, 0.25) is 5.91 Å². The number of likely N-dealkylation sites (N-methyl/N-ethyl adjacent to an activating group) is 1. The van der Waals surface area contributed by atoms with Gasteiger partial charge in [0, 0.05) is 18.8 Å². The zero-order chi connectivity index (χ0) is 14.4. The summed E-state index contributed by atoms with van der Waals surface area (Å²) < 4.78 is 13.2. The molecule has 1 aromatic carbocycles. The van der Waals surface area contributed by atoms with Crippen molar-refractivity contribution < 1.29 is 9.18 Å². The quantitative estimate of drug-likeness (QED) is 0.887. The Labute approximate surface area is 112 Å². The van der Waals surface area contributed by atoms with Crippen LogP contribution in [-0.4, -0.2) is 29.9 Å². The number of hydrogen-bond donors (Lipinski definition) is 1. The van der Waals surface area contributed by atoms with Gasteiger partial charge in [0.25, 0.3) is 0 Å². The number of carbonyl (C=O) groups excluding carboxylic acids is 1. The number of amides is 1. The average molecular weight is 263 g/mol. The Morgan fingerprint density at radius 2 is 2.11 bits per heavy atom. The predicted molar refractivity (Wildman–Crippen MR) is 72.1 cm³/mol. The maximum absolute atomic E-state index is 13.2. The van der Waals surface area contributed by atoms with Crippen molar-refractivity contribution in [3.05, 3.63) is 29.6 Å². The number of anilines is 1. The molecule has 0 aliphatic heterocycles. The molecule has 0 bridgehead atoms. The van der Waals surface area contributed by atoms with Crippen molar-refractivity contribution in [3.8, 4) is 6.07 Å². The Balaban J connectivity index is 2.80. The molecule has 0 fully saturated rings. The highest BCUT2D eigenvalue weighted by molar-refractivity contribution is 5.84. The lowest BCUT2D eigenvalue weighted by molar-refractivity contribution is -0.131. The van der Waals surface area contributed by atoms with Gasteiger partial charge in [-0.1, -0.05) is 0 Å². The fourth-order valence-corrected chi connectivity index (χ4v) is 1.82. The van der Waals surface area contributed by atoms with E-state index in [0.717, 1.165) is 0 Å². The molecule has 1 rings (SSSR count). The summed E-state index contributed by atoms with van der Waals surface area (Å²) in [6.45, 7) is 6.87. The molecule has 1 unspecified atom stereocenters. The standard InChI is InChI=1S/C14H18FN3O/c1-4-18(5-2)14(19)10(3)17-12-6-7-13(15)11(8-12)9-16/h6-8,10,17H,4-5H2,1-3H3. The first-order valence-electron chi connectivity index (χ1n) is 6.28. The van der Waals surface area contributed by atoms with E-state index in [1.807, 2.05) is 13.8 Å². The van der Waals surface area contributed by atoms with Gasteiger partial charge in [-0.3, -0.25) is 4.79 Å². The van der Waals surface area contributed by atoms with E-state index in [1.165, 1.54) is 18.2 Å². The molecule has 0 aromatic heterocycles. The second kappa shape index (κ2) is 6.74. The van der Waals surface area contributed by atoms with Crippen LogP contribution in [0.15, 0.2) is 18.2 Å². The van der Waals surface area contributed by atoms with Gasteiger partial charge in [0.1, 0.15) is 17.9 Å². The van der Waals surface area contributed by atoms with Crippen LogP contribution in [-0.2, 0) is 4.79 Å². The fraction of sp³-hybridized carbons (Fsp3) is 0.429. The minimum Gasteiger partial charge on any atom is -0.374 e. The van der Waals surface area contributed by atoms with Crippen molar-refractivity contribution in [1.29, 1.82) is 5.26 Å². The van der Waals surface area contributed by atoms with Gasteiger partial charge in [-0.25, -0.2) is 4.39 Å². The molecule has 0 aliphatic rings. The minimum absolute atomic E-state index is 0.0205. The van der Waals surface area contributed by atoms with Crippen molar-refractivity contribution in [2.75, 3.05) is 18.4 Å². The van der Waals surface area contributed by atoms with Crippen LogP contribution in [0, 0.1) is 17.1 Å². The Morgan fingerprint density at radius 3 is 2.63 bits per heavy atom. The number of carbonyl (C=O) groups is 1. The second-order valence-electron chi connectivity index (χ2n) is 4.18. The molecule has 0 saturated heterocycles. The monoisotopic (exact) mass is 263 g/mol. The summed E-state index contributed by atoms with van der Waals surface area (Å²) in [7, 11) is 0. The van der Waals surface area contributed by atoms with Gasteiger partial charge < -0.3 is 10.2 Å². The molecular formula is C14H18FN3O. The molecule has 1 aromatic rings.